The molecule has 0 spiro atoms. The molecule has 0 aromatic heterocycles. The minimum Gasteiger partial charge on any atom is -0.484 e. The average molecular weight is 342 g/mol. The quantitative estimate of drug-likeness (QED) is 0.583. The molecule has 2 aromatic carbocycles. The van der Waals surface area contributed by atoms with Crippen molar-refractivity contribution in [3.63, 3.8) is 0 Å². The van der Waals surface area contributed by atoms with E-state index in [1.54, 1.807) is 0 Å². The number of nitrogens with one attached hydrogen (secondary N) is 1. The highest BCUT2D eigenvalue weighted by Crippen LogP contribution is 2.21. The second-order valence-electron chi connectivity index (χ2n) is 6.20. The van der Waals surface area contributed by atoms with Crippen LogP contribution in [0.15, 0.2) is 54.6 Å². The minimum absolute atomic E-state index is 0.0159. The van der Waals surface area contributed by atoms with Gasteiger partial charge in [0.05, 0.1) is 11.0 Å². The molecule has 0 aliphatic carbocycles. The molecule has 0 saturated carbocycles. The Hall–Kier alpha value is -2.89. The van der Waals surface area contributed by atoms with Crippen molar-refractivity contribution >= 4 is 11.6 Å². The van der Waals surface area contributed by atoms with Crippen molar-refractivity contribution in [3.05, 3.63) is 70.3 Å². The predicted octanol–water partition coefficient (Wildman–Crippen LogP) is 3.88. The first-order valence-electron chi connectivity index (χ1n) is 8.17. The van der Waals surface area contributed by atoms with Gasteiger partial charge in [-0.1, -0.05) is 44.2 Å². The van der Waals surface area contributed by atoms with Gasteiger partial charge in [-0.15, -0.1) is 0 Å². The number of nitro benzene ring substituents is 1. The number of nitrogens with zero attached hydrogens (tertiary/aromatic N) is 1. The highest BCUT2D eigenvalue weighted by Gasteiger charge is 2.16. The van der Waals surface area contributed by atoms with Crippen LogP contribution >= 0.6 is 0 Å². The first-order valence-corrected chi connectivity index (χ1v) is 8.17. The Kier molecular flexibility index (Phi) is 6.51. The fourth-order valence-corrected chi connectivity index (χ4v) is 2.48. The second kappa shape index (κ2) is 8.82. The normalized spacial score (nSPS) is 11.8. The first kappa shape index (κ1) is 18.4. The maximum absolute atomic E-state index is 12.2. The summed E-state index contributed by atoms with van der Waals surface area (Å²) in [5.41, 5.74) is 1.04. The summed E-state index contributed by atoms with van der Waals surface area (Å²) >= 11 is 0. The third-order valence-electron chi connectivity index (χ3n) is 3.66. The van der Waals surface area contributed by atoms with Gasteiger partial charge < -0.3 is 10.1 Å². The van der Waals surface area contributed by atoms with Gasteiger partial charge in [0, 0.05) is 12.1 Å². The SMILES string of the molecule is CC(C)C[C@@H](NC(=O)COc1ccc([N+](=O)[O-])cc1)c1ccccc1. The van der Waals surface area contributed by atoms with Crippen molar-refractivity contribution in [2.45, 2.75) is 26.3 Å². The fourth-order valence-electron chi connectivity index (χ4n) is 2.48. The largest absolute Gasteiger partial charge is 0.484 e. The number of rotatable bonds is 8. The molecule has 2 aromatic rings. The smallest absolute Gasteiger partial charge is 0.269 e. The number of carbonyl (C=O) groups excluding carboxylic acids is 1. The molecule has 0 heterocycles. The van der Waals surface area contributed by atoms with Gasteiger partial charge >= 0.3 is 0 Å². The minimum atomic E-state index is -0.479. The third kappa shape index (κ3) is 5.91. The van der Waals surface area contributed by atoms with Crippen LogP contribution in [0.3, 0.4) is 0 Å². The van der Waals surface area contributed by atoms with Crippen molar-refractivity contribution in [2.24, 2.45) is 5.92 Å². The number of carbonyl (C=O) groups is 1. The Labute approximate surface area is 147 Å². The van der Waals surface area contributed by atoms with E-state index >= 15 is 0 Å². The Balaban J connectivity index is 1.93. The van der Waals surface area contributed by atoms with E-state index in [1.807, 2.05) is 30.3 Å². The van der Waals surface area contributed by atoms with E-state index < -0.39 is 4.92 Å². The zero-order chi connectivity index (χ0) is 18.2. The van der Waals surface area contributed by atoms with Gasteiger partial charge in [0.15, 0.2) is 6.61 Å². The van der Waals surface area contributed by atoms with E-state index in [4.69, 9.17) is 4.74 Å². The molecular formula is C19H22N2O4. The number of hydrogen-bond donors (Lipinski definition) is 1. The molecule has 132 valence electrons. The monoisotopic (exact) mass is 342 g/mol. The highest BCUT2D eigenvalue weighted by atomic mass is 16.6. The average Bonchev–Trinajstić information content (AvgIpc) is 2.60. The van der Waals surface area contributed by atoms with Gasteiger partial charge in [-0.25, -0.2) is 0 Å². The van der Waals surface area contributed by atoms with Crippen molar-refractivity contribution < 1.29 is 14.5 Å². The summed E-state index contributed by atoms with van der Waals surface area (Å²) in [5.74, 6) is 0.620. The zero-order valence-electron chi connectivity index (χ0n) is 14.3. The van der Waals surface area contributed by atoms with E-state index in [0.29, 0.717) is 11.7 Å². The van der Waals surface area contributed by atoms with Crippen LogP contribution in [0.4, 0.5) is 5.69 Å². The molecule has 1 amide bonds. The van der Waals surface area contributed by atoms with E-state index in [-0.39, 0.29) is 24.2 Å². The molecule has 25 heavy (non-hydrogen) atoms. The Morgan fingerprint density at radius 2 is 1.76 bits per heavy atom. The lowest BCUT2D eigenvalue weighted by atomic mass is 9.97. The summed E-state index contributed by atoms with van der Waals surface area (Å²) < 4.78 is 5.41. The molecule has 6 heteroatoms. The molecule has 6 nitrogen and oxygen atoms in total. The predicted molar refractivity (Wildman–Crippen MR) is 95.4 cm³/mol. The summed E-state index contributed by atoms with van der Waals surface area (Å²) in [6, 6.07) is 15.4. The first-order chi connectivity index (χ1) is 12.0. The Morgan fingerprint density at radius 3 is 2.32 bits per heavy atom. The summed E-state index contributed by atoms with van der Waals surface area (Å²) in [7, 11) is 0. The van der Waals surface area contributed by atoms with E-state index in [2.05, 4.69) is 19.2 Å². The number of benzene rings is 2. The lowest BCUT2D eigenvalue weighted by Crippen LogP contribution is -2.33. The van der Waals surface area contributed by atoms with Gasteiger partial charge in [0.25, 0.3) is 11.6 Å². The van der Waals surface area contributed by atoms with Crippen molar-refractivity contribution in [1.29, 1.82) is 0 Å². The highest BCUT2D eigenvalue weighted by molar-refractivity contribution is 5.78. The van der Waals surface area contributed by atoms with Crippen LogP contribution in [0.25, 0.3) is 0 Å². The van der Waals surface area contributed by atoms with Crippen LogP contribution in [-0.2, 0) is 4.79 Å². The fraction of sp³-hybridized carbons (Fsp3) is 0.316. The summed E-state index contributed by atoms with van der Waals surface area (Å²) in [6.07, 6.45) is 0.827. The molecule has 0 unspecified atom stereocenters. The third-order valence-corrected chi connectivity index (χ3v) is 3.66. The number of hydrogen-bond acceptors (Lipinski definition) is 4. The number of non-ortho nitro benzene ring substituents is 1. The molecule has 0 radical (unpaired) electrons. The molecular weight excluding hydrogens is 320 g/mol. The Morgan fingerprint density at radius 1 is 1.12 bits per heavy atom. The van der Waals surface area contributed by atoms with Crippen LogP contribution in [0.1, 0.15) is 31.9 Å². The molecule has 1 atom stereocenters. The number of nitro groups is 1. The molecule has 0 fully saturated rings. The summed E-state index contributed by atoms with van der Waals surface area (Å²) in [6.45, 7) is 4.07. The lowest BCUT2D eigenvalue weighted by molar-refractivity contribution is -0.384. The molecule has 0 bridgehead atoms. The van der Waals surface area contributed by atoms with Crippen LogP contribution in [-0.4, -0.2) is 17.4 Å². The van der Waals surface area contributed by atoms with Gasteiger partial charge in [0.1, 0.15) is 5.75 Å². The van der Waals surface area contributed by atoms with Crippen molar-refractivity contribution in [3.8, 4) is 5.75 Å². The second-order valence-corrected chi connectivity index (χ2v) is 6.20. The van der Waals surface area contributed by atoms with Crippen molar-refractivity contribution in [1.82, 2.24) is 5.32 Å². The van der Waals surface area contributed by atoms with E-state index in [0.717, 1.165) is 12.0 Å². The van der Waals surface area contributed by atoms with Gasteiger partial charge in [0.2, 0.25) is 0 Å². The summed E-state index contributed by atoms with van der Waals surface area (Å²) in [5, 5.41) is 13.6. The summed E-state index contributed by atoms with van der Waals surface area (Å²) in [4.78, 5) is 22.4. The lowest BCUT2D eigenvalue weighted by Gasteiger charge is -2.21. The van der Waals surface area contributed by atoms with Crippen molar-refractivity contribution in [2.75, 3.05) is 6.61 Å². The van der Waals surface area contributed by atoms with Crippen LogP contribution < -0.4 is 10.1 Å². The topological polar surface area (TPSA) is 81.5 Å². The number of amides is 1. The van der Waals surface area contributed by atoms with Gasteiger partial charge in [-0.05, 0) is 30.0 Å². The van der Waals surface area contributed by atoms with Crippen LogP contribution in [0.5, 0.6) is 5.75 Å². The molecule has 0 saturated heterocycles. The van der Waals surface area contributed by atoms with E-state index in [9.17, 15) is 14.9 Å². The van der Waals surface area contributed by atoms with Crippen LogP contribution in [0.2, 0.25) is 0 Å². The standard InChI is InChI=1S/C19H22N2O4/c1-14(2)12-18(15-6-4-3-5-7-15)20-19(22)13-25-17-10-8-16(9-11-17)21(23)24/h3-11,14,18H,12-13H2,1-2H3,(H,20,22)/t18-/m1/s1. The molecule has 0 aliphatic rings. The Bertz CT molecular complexity index is 699. The van der Waals surface area contributed by atoms with E-state index in [1.165, 1.54) is 24.3 Å². The number of ether oxygens (including phenoxy) is 1. The molecule has 0 aliphatic heterocycles. The maximum Gasteiger partial charge on any atom is 0.269 e. The maximum atomic E-state index is 12.2. The molecule has 1 N–H and O–H groups in total. The molecule has 2 rings (SSSR count). The van der Waals surface area contributed by atoms with Gasteiger partial charge in [-0.3, -0.25) is 14.9 Å². The van der Waals surface area contributed by atoms with Crippen LogP contribution in [0, 0.1) is 16.0 Å². The zero-order valence-corrected chi connectivity index (χ0v) is 14.3. The van der Waals surface area contributed by atoms with Gasteiger partial charge in [-0.2, -0.15) is 0 Å².